The highest BCUT2D eigenvalue weighted by Crippen LogP contribution is 2.31. The van der Waals surface area contributed by atoms with Crippen LogP contribution in [0.5, 0.6) is 11.5 Å². The van der Waals surface area contributed by atoms with Gasteiger partial charge in [-0.15, -0.1) is 5.10 Å². The lowest BCUT2D eigenvalue weighted by molar-refractivity contribution is -0.116. The highest BCUT2D eigenvalue weighted by atomic mass is 32.2. The lowest BCUT2D eigenvalue weighted by Crippen LogP contribution is -2.28. The molecular weight excluding hydrogens is 434 g/mol. The average molecular weight is 460 g/mol. The van der Waals surface area contributed by atoms with E-state index in [4.69, 9.17) is 9.47 Å². The molecule has 0 aliphatic rings. The number of anilines is 1. The molecule has 0 saturated carbocycles. The van der Waals surface area contributed by atoms with Gasteiger partial charge < -0.3 is 9.47 Å². The molecule has 3 rings (SSSR count). The summed E-state index contributed by atoms with van der Waals surface area (Å²) < 4.78 is 37.8. The van der Waals surface area contributed by atoms with Gasteiger partial charge in [0.2, 0.25) is 21.9 Å². The standard InChI is InChI=1S/C21H25N5O5S/c1-13-5-7-16(11-14(13)2)32(28,29)22-10-9-19(27)23-21-24-20(25-26-21)17-8-6-15(30-3)12-18(17)31-4/h5-8,11-12,22H,9-10H2,1-4H3,(H2,23,24,25,26,27). The predicted molar refractivity (Wildman–Crippen MR) is 119 cm³/mol. The van der Waals surface area contributed by atoms with Gasteiger partial charge in [-0.05, 0) is 49.2 Å². The molecule has 1 amide bonds. The van der Waals surface area contributed by atoms with Gasteiger partial charge in [0, 0.05) is 19.0 Å². The number of rotatable bonds is 9. The molecule has 3 aromatic rings. The van der Waals surface area contributed by atoms with Crippen LogP contribution in [0, 0.1) is 13.8 Å². The number of sulfonamides is 1. The first-order valence-electron chi connectivity index (χ1n) is 9.75. The van der Waals surface area contributed by atoms with E-state index >= 15 is 0 Å². The van der Waals surface area contributed by atoms with E-state index in [9.17, 15) is 13.2 Å². The number of methoxy groups -OCH3 is 2. The van der Waals surface area contributed by atoms with Gasteiger partial charge in [0.15, 0.2) is 5.82 Å². The van der Waals surface area contributed by atoms with Crippen molar-refractivity contribution in [2.24, 2.45) is 0 Å². The van der Waals surface area contributed by atoms with Gasteiger partial charge in [-0.1, -0.05) is 6.07 Å². The molecule has 0 saturated heterocycles. The summed E-state index contributed by atoms with van der Waals surface area (Å²) in [5.74, 6) is 1.19. The van der Waals surface area contributed by atoms with Crippen LogP contribution in [0.4, 0.5) is 5.95 Å². The lowest BCUT2D eigenvalue weighted by atomic mass is 10.1. The SMILES string of the molecule is COc1ccc(-c2nc(NC(=O)CCNS(=O)(=O)c3ccc(C)c(C)c3)n[nH]2)c(OC)c1. The van der Waals surface area contributed by atoms with Crippen LogP contribution in [-0.4, -0.2) is 50.3 Å². The Morgan fingerprint density at radius 2 is 1.84 bits per heavy atom. The van der Waals surface area contributed by atoms with Crippen molar-refractivity contribution in [3.05, 3.63) is 47.5 Å². The molecule has 0 bridgehead atoms. The van der Waals surface area contributed by atoms with Crippen molar-refractivity contribution in [2.45, 2.75) is 25.2 Å². The quantitative estimate of drug-likeness (QED) is 0.447. The minimum Gasteiger partial charge on any atom is -0.497 e. The number of amides is 1. The number of nitrogens with zero attached hydrogens (tertiary/aromatic N) is 2. The molecule has 0 radical (unpaired) electrons. The third-order valence-corrected chi connectivity index (χ3v) is 6.29. The molecule has 1 heterocycles. The summed E-state index contributed by atoms with van der Waals surface area (Å²) in [6, 6.07) is 10.1. The number of H-pyrrole nitrogens is 1. The normalized spacial score (nSPS) is 11.2. The monoisotopic (exact) mass is 459 g/mol. The number of aromatic nitrogens is 3. The molecule has 0 fully saturated rings. The van der Waals surface area contributed by atoms with Crippen molar-refractivity contribution in [2.75, 3.05) is 26.1 Å². The van der Waals surface area contributed by atoms with E-state index in [-0.39, 0.29) is 23.8 Å². The first-order chi connectivity index (χ1) is 15.2. The van der Waals surface area contributed by atoms with Gasteiger partial charge in [0.25, 0.3) is 0 Å². The van der Waals surface area contributed by atoms with Crippen LogP contribution in [0.15, 0.2) is 41.3 Å². The number of hydrogen-bond acceptors (Lipinski definition) is 7. The van der Waals surface area contributed by atoms with E-state index < -0.39 is 15.9 Å². The van der Waals surface area contributed by atoms with Crippen LogP contribution in [-0.2, 0) is 14.8 Å². The largest absolute Gasteiger partial charge is 0.497 e. The molecule has 32 heavy (non-hydrogen) atoms. The molecule has 0 aliphatic heterocycles. The molecule has 3 N–H and O–H groups in total. The number of ether oxygens (including phenoxy) is 2. The Morgan fingerprint density at radius 1 is 1.06 bits per heavy atom. The van der Waals surface area contributed by atoms with E-state index in [1.807, 2.05) is 13.8 Å². The van der Waals surface area contributed by atoms with Crippen molar-refractivity contribution in [3.8, 4) is 22.9 Å². The Bertz CT molecular complexity index is 1220. The van der Waals surface area contributed by atoms with E-state index in [1.165, 1.54) is 13.2 Å². The number of carbonyl (C=O) groups excluding carboxylic acids is 1. The van der Waals surface area contributed by atoms with E-state index in [0.29, 0.717) is 22.9 Å². The number of carbonyl (C=O) groups is 1. The maximum Gasteiger partial charge on any atom is 0.249 e. The highest BCUT2D eigenvalue weighted by Gasteiger charge is 2.16. The van der Waals surface area contributed by atoms with Gasteiger partial charge in [0.05, 0.1) is 24.7 Å². The molecule has 1 aromatic heterocycles. The Morgan fingerprint density at radius 3 is 2.53 bits per heavy atom. The zero-order valence-corrected chi connectivity index (χ0v) is 19.0. The fourth-order valence-corrected chi connectivity index (χ4v) is 4.00. The number of nitrogens with one attached hydrogen (secondary N) is 3. The Kier molecular flexibility index (Phi) is 7.11. The summed E-state index contributed by atoms with van der Waals surface area (Å²) in [5, 5.41) is 9.26. The van der Waals surface area contributed by atoms with Crippen molar-refractivity contribution in [1.82, 2.24) is 19.9 Å². The van der Waals surface area contributed by atoms with Gasteiger partial charge in [-0.3, -0.25) is 15.2 Å². The van der Waals surface area contributed by atoms with E-state index in [2.05, 4.69) is 25.2 Å². The molecule has 0 spiro atoms. The first kappa shape index (κ1) is 23.2. The third kappa shape index (κ3) is 5.42. The van der Waals surface area contributed by atoms with E-state index in [0.717, 1.165) is 11.1 Å². The fourth-order valence-electron chi connectivity index (χ4n) is 2.88. The summed E-state index contributed by atoms with van der Waals surface area (Å²) in [6.45, 7) is 3.68. The second kappa shape index (κ2) is 9.79. The number of aromatic amines is 1. The molecule has 2 aromatic carbocycles. The lowest BCUT2D eigenvalue weighted by Gasteiger charge is -2.08. The predicted octanol–water partition coefficient (Wildman–Crippen LogP) is 2.41. The summed E-state index contributed by atoms with van der Waals surface area (Å²) in [5.41, 5.74) is 2.52. The summed E-state index contributed by atoms with van der Waals surface area (Å²) in [7, 11) is -0.627. The van der Waals surface area contributed by atoms with Crippen LogP contribution < -0.4 is 19.5 Å². The van der Waals surface area contributed by atoms with Gasteiger partial charge in [0.1, 0.15) is 11.5 Å². The second-order valence-corrected chi connectivity index (χ2v) is 8.78. The fraction of sp³-hybridized carbons (Fsp3) is 0.286. The maximum atomic E-state index is 12.4. The molecule has 0 aliphatic carbocycles. The molecule has 170 valence electrons. The minimum atomic E-state index is -3.71. The Labute approximate surface area is 186 Å². The highest BCUT2D eigenvalue weighted by molar-refractivity contribution is 7.89. The molecular formula is C21H25N5O5S. The number of aryl methyl sites for hydroxylation is 2. The Hall–Kier alpha value is -3.44. The van der Waals surface area contributed by atoms with Crippen molar-refractivity contribution >= 4 is 21.9 Å². The molecule has 10 nitrogen and oxygen atoms in total. The zero-order valence-electron chi connectivity index (χ0n) is 18.2. The van der Waals surface area contributed by atoms with Crippen molar-refractivity contribution < 1.29 is 22.7 Å². The van der Waals surface area contributed by atoms with Crippen molar-refractivity contribution in [3.63, 3.8) is 0 Å². The summed E-state index contributed by atoms with van der Waals surface area (Å²) in [4.78, 5) is 16.6. The van der Waals surface area contributed by atoms with Crippen LogP contribution in [0.2, 0.25) is 0 Å². The van der Waals surface area contributed by atoms with Crippen molar-refractivity contribution in [1.29, 1.82) is 0 Å². The Balaban J connectivity index is 1.58. The zero-order chi connectivity index (χ0) is 23.3. The first-order valence-corrected chi connectivity index (χ1v) is 11.2. The van der Waals surface area contributed by atoms with Crippen LogP contribution in [0.1, 0.15) is 17.5 Å². The number of hydrogen-bond donors (Lipinski definition) is 3. The average Bonchev–Trinajstić information content (AvgIpc) is 3.22. The topological polar surface area (TPSA) is 135 Å². The molecule has 11 heteroatoms. The summed E-state index contributed by atoms with van der Waals surface area (Å²) >= 11 is 0. The number of benzene rings is 2. The summed E-state index contributed by atoms with van der Waals surface area (Å²) in [6.07, 6.45) is -0.0835. The molecule has 0 atom stereocenters. The van der Waals surface area contributed by atoms with Crippen LogP contribution in [0.25, 0.3) is 11.4 Å². The van der Waals surface area contributed by atoms with Crippen LogP contribution >= 0.6 is 0 Å². The minimum absolute atomic E-state index is 0.0648. The van der Waals surface area contributed by atoms with Gasteiger partial charge in [-0.25, -0.2) is 13.1 Å². The van der Waals surface area contributed by atoms with Crippen LogP contribution in [0.3, 0.4) is 0 Å². The maximum absolute atomic E-state index is 12.4. The third-order valence-electron chi connectivity index (χ3n) is 4.83. The second-order valence-electron chi connectivity index (χ2n) is 7.02. The molecule has 0 unspecified atom stereocenters. The smallest absolute Gasteiger partial charge is 0.249 e. The van der Waals surface area contributed by atoms with Gasteiger partial charge >= 0.3 is 0 Å². The van der Waals surface area contributed by atoms with Gasteiger partial charge in [-0.2, -0.15) is 4.98 Å². The van der Waals surface area contributed by atoms with E-state index in [1.54, 1.807) is 37.4 Å².